The van der Waals surface area contributed by atoms with Crippen LogP contribution in [0.3, 0.4) is 0 Å². The first-order chi connectivity index (χ1) is 9.76. The number of H-pyrrole nitrogens is 1. The largest absolute Gasteiger partial charge is 0.368 e. The lowest BCUT2D eigenvalue weighted by Crippen LogP contribution is -2.09. The predicted molar refractivity (Wildman–Crippen MR) is 80.3 cm³/mol. The van der Waals surface area contributed by atoms with Crippen LogP contribution in [0.2, 0.25) is 0 Å². The van der Waals surface area contributed by atoms with E-state index in [0.29, 0.717) is 11.6 Å². The number of hydrogen-bond acceptors (Lipinski definition) is 7. The number of fused-ring (bicyclic) bond motifs is 1. The van der Waals surface area contributed by atoms with Crippen molar-refractivity contribution in [3.05, 3.63) is 22.4 Å². The highest BCUT2D eigenvalue weighted by atomic mass is 32.1. The van der Waals surface area contributed by atoms with Crippen LogP contribution in [-0.2, 0) is 6.42 Å². The number of aryl methyl sites for hydroxylation is 1. The number of imidazole rings is 1. The van der Waals surface area contributed by atoms with Crippen molar-refractivity contribution in [1.82, 2.24) is 24.9 Å². The Morgan fingerprint density at radius 2 is 2.20 bits per heavy atom. The zero-order valence-electron chi connectivity index (χ0n) is 11.3. The molecule has 0 saturated heterocycles. The molecule has 3 heterocycles. The standard InChI is InChI=1S/C12H15N7S/c1-7-17-8(5-20-7)3-4-14-10-9-11(16-6-15-9)19-12(13-2)18-10/h5-6H,3-4H2,1-2H3,(H3,13,14,15,16,18,19). The van der Waals surface area contributed by atoms with Gasteiger partial charge in [0.25, 0.3) is 0 Å². The average molecular weight is 289 g/mol. The van der Waals surface area contributed by atoms with E-state index in [9.17, 15) is 0 Å². The maximum atomic E-state index is 4.44. The Hall–Kier alpha value is -2.22. The summed E-state index contributed by atoms with van der Waals surface area (Å²) in [5.41, 5.74) is 2.57. The lowest BCUT2D eigenvalue weighted by atomic mass is 10.3. The molecule has 0 aliphatic carbocycles. The first-order valence-corrected chi connectivity index (χ1v) is 7.18. The van der Waals surface area contributed by atoms with Crippen LogP contribution in [0.1, 0.15) is 10.7 Å². The Kier molecular flexibility index (Phi) is 3.46. The zero-order valence-corrected chi connectivity index (χ0v) is 12.1. The zero-order chi connectivity index (χ0) is 13.9. The second kappa shape index (κ2) is 5.41. The molecule has 20 heavy (non-hydrogen) atoms. The van der Waals surface area contributed by atoms with Crippen molar-refractivity contribution >= 4 is 34.3 Å². The van der Waals surface area contributed by atoms with Crippen LogP contribution in [0.15, 0.2) is 11.7 Å². The number of aromatic amines is 1. The minimum absolute atomic E-state index is 0.552. The van der Waals surface area contributed by atoms with Gasteiger partial charge in [0.15, 0.2) is 11.5 Å². The third-order valence-corrected chi connectivity index (χ3v) is 3.67. The summed E-state index contributed by atoms with van der Waals surface area (Å²) in [7, 11) is 1.79. The molecule has 3 rings (SSSR count). The van der Waals surface area contributed by atoms with Gasteiger partial charge in [-0.05, 0) is 6.92 Å². The van der Waals surface area contributed by atoms with E-state index < -0.39 is 0 Å². The maximum absolute atomic E-state index is 4.44. The normalized spacial score (nSPS) is 10.9. The van der Waals surface area contributed by atoms with Crippen LogP contribution in [0, 0.1) is 6.92 Å². The van der Waals surface area contributed by atoms with E-state index in [-0.39, 0.29) is 0 Å². The number of anilines is 2. The molecule has 0 spiro atoms. The highest BCUT2D eigenvalue weighted by Crippen LogP contribution is 2.18. The smallest absolute Gasteiger partial charge is 0.226 e. The van der Waals surface area contributed by atoms with Gasteiger partial charge in [0.05, 0.1) is 17.0 Å². The first-order valence-electron chi connectivity index (χ1n) is 6.30. The number of thiazole rings is 1. The number of aromatic nitrogens is 5. The molecule has 0 saturated carbocycles. The van der Waals surface area contributed by atoms with E-state index in [2.05, 4.69) is 40.9 Å². The van der Waals surface area contributed by atoms with Gasteiger partial charge >= 0.3 is 0 Å². The molecule has 0 fully saturated rings. The van der Waals surface area contributed by atoms with Gasteiger partial charge in [-0.15, -0.1) is 11.3 Å². The number of hydrogen-bond donors (Lipinski definition) is 3. The van der Waals surface area contributed by atoms with Crippen LogP contribution in [0.4, 0.5) is 11.8 Å². The van der Waals surface area contributed by atoms with Gasteiger partial charge < -0.3 is 15.6 Å². The summed E-state index contributed by atoms with van der Waals surface area (Å²) in [6, 6.07) is 0. The van der Waals surface area contributed by atoms with Gasteiger partial charge in [0.1, 0.15) is 5.52 Å². The lowest BCUT2D eigenvalue weighted by Gasteiger charge is -2.07. The van der Waals surface area contributed by atoms with Gasteiger partial charge in [-0.25, -0.2) is 9.97 Å². The van der Waals surface area contributed by atoms with Crippen molar-refractivity contribution in [3.63, 3.8) is 0 Å². The summed E-state index contributed by atoms with van der Waals surface area (Å²) in [6.07, 6.45) is 2.48. The summed E-state index contributed by atoms with van der Waals surface area (Å²) in [4.78, 5) is 20.3. The molecule has 8 heteroatoms. The highest BCUT2D eigenvalue weighted by molar-refractivity contribution is 7.09. The van der Waals surface area contributed by atoms with E-state index in [1.165, 1.54) is 0 Å². The van der Waals surface area contributed by atoms with Gasteiger partial charge in [-0.3, -0.25) is 0 Å². The second-order valence-corrected chi connectivity index (χ2v) is 5.34. The molecule has 7 nitrogen and oxygen atoms in total. The molecule has 0 aliphatic rings. The van der Waals surface area contributed by atoms with E-state index in [0.717, 1.165) is 35.0 Å². The average Bonchev–Trinajstić information content (AvgIpc) is 3.07. The number of nitrogens with one attached hydrogen (secondary N) is 3. The molecule has 0 radical (unpaired) electrons. The summed E-state index contributed by atoms with van der Waals surface area (Å²) in [5.74, 6) is 1.31. The molecule has 0 aromatic carbocycles. The molecular weight excluding hydrogens is 274 g/mol. The maximum Gasteiger partial charge on any atom is 0.226 e. The number of nitrogens with zero attached hydrogens (tertiary/aromatic N) is 4. The summed E-state index contributed by atoms with van der Waals surface area (Å²) >= 11 is 1.67. The Balaban J connectivity index is 1.74. The van der Waals surface area contributed by atoms with Crippen LogP contribution < -0.4 is 10.6 Å². The van der Waals surface area contributed by atoms with Gasteiger partial charge in [0.2, 0.25) is 5.95 Å². The van der Waals surface area contributed by atoms with Crippen molar-refractivity contribution in [2.24, 2.45) is 0 Å². The van der Waals surface area contributed by atoms with Crippen molar-refractivity contribution in [2.45, 2.75) is 13.3 Å². The Labute approximate surface area is 119 Å². The van der Waals surface area contributed by atoms with Crippen LogP contribution in [0.5, 0.6) is 0 Å². The first kappa shape index (κ1) is 12.8. The fourth-order valence-corrected chi connectivity index (χ4v) is 2.55. The van der Waals surface area contributed by atoms with Crippen LogP contribution >= 0.6 is 11.3 Å². The van der Waals surface area contributed by atoms with Crippen molar-refractivity contribution in [2.75, 3.05) is 24.2 Å². The fraction of sp³-hybridized carbons (Fsp3) is 0.333. The number of rotatable bonds is 5. The molecule has 0 atom stereocenters. The molecule has 0 unspecified atom stereocenters. The Morgan fingerprint density at radius 1 is 1.30 bits per heavy atom. The van der Waals surface area contributed by atoms with Gasteiger partial charge in [-0.2, -0.15) is 9.97 Å². The molecular formula is C12H15N7S. The molecule has 3 aromatic rings. The van der Waals surface area contributed by atoms with Crippen LogP contribution in [-0.4, -0.2) is 38.5 Å². The fourth-order valence-electron chi connectivity index (χ4n) is 1.90. The molecule has 3 N–H and O–H groups in total. The van der Waals surface area contributed by atoms with Gasteiger partial charge in [0, 0.05) is 25.4 Å². The Morgan fingerprint density at radius 3 is 2.95 bits per heavy atom. The quantitative estimate of drug-likeness (QED) is 0.663. The monoisotopic (exact) mass is 289 g/mol. The third kappa shape index (κ3) is 2.55. The van der Waals surface area contributed by atoms with E-state index in [1.807, 2.05) is 6.92 Å². The summed E-state index contributed by atoms with van der Waals surface area (Å²) < 4.78 is 0. The summed E-state index contributed by atoms with van der Waals surface area (Å²) in [6.45, 7) is 2.77. The van der Waals surface area contributed by atoms with Crippen molar-refractivity contribution < 1.29 is 0 Å². The van der Waals surface area contributed by atoms with Crippen molar-refractivity contribution in [1.29, 1.82) is 0 Å². The van der Waals surface area contributed by atoms with E-state index >= 15 is 0 Å². The lowest BCUT2D eigenvalue weighted by molar-refractivity contribution is 0.960. The Bertz CT molecular complexity index is 717. The molecule has 0 amide bonds. The van der Waals surface area contributed by atoms with E-state index in [4.69, 9.17) is 0 Å². The van der Waals surface area contributed by atoms with Crippen molar-refractivity contribution in [3.8, 4) is 0 Å². The molecule has 0 aliphatic heterocycles. The molecule has 104 valence electrons. The topological polar surface area (TPSA) is 91.4 Å². The minimum atomic E-state index is 0.552. The van der Waals surface area contributed by atoms with Crippen LogP contribution in [0.25, 0.3) is 11.2 Å². The molecule has 0 bridgehead atoms. The van der Waals surface area contributed by atoms with E-state index in [1.54, 1.807) is 24.7 Å². The SMILES string of the molecule is CNc1nc(NCCc2csc(C)n2)c2[nH]cnc2n1. The molecule has 3 aromatic heterocycles. The highest BCUT2D eigenvalue weighted by Gasteiger charge is 2.09. The summed E-state index contributed by atoms with van der Waals surface area (Å²) in [5, 5.41) is 9.42. The second-order valence-electron chi connectivity index (χ2n) is 4.28. The minimum Gasteiger partial charge on any atom is -0.368 e. The predicted octanol–water partition coefficient (Wildman–Crippen LogP) is 1.81. The van der Waals surface area contributed by atoms with Gasteiger partial charge in [-0.1, -0.05) is 0 Å². The third-order valence-electron chi connectivity index (χ3n) is 2.85.